The van der Waals surface area contributed by atoms with Gasteiger partial charge in [-0.15, -0.1) is 0 Å². The van der Waals surface area contributed by atoms with Crippen LogP contribution in [-0.4, -0.2) is 31.0 Å². The zero-order chi connectivity index (χ0) is 17.4. The van der Waals surface area contributed by atoms with Crippen molar-refractivity contribution in [2.45, 2.75) is 6.10 Å². The first-order valence-corrected chi connectivity index (χ1v) is 8.19. The number of ether oxygens (including phenoxy) is 3. The molecule has 1 saturated heterocycles. The van der Waals surface area contributed by atoms with Crippen LogP contribution in [0.1, 0.15) is 0 Å². The van der Waals surface area contributed by atoms with Crippen LogP contribution >= 0.6 is 0 Å². The first-order valence-electron chi connectivity index (χ1n) is 8.19. The fourth-order valence-electron chi connectivity index (χ4n) is 2.92. The minimum atomic E-state index is -0.0632. The number of rotatable bonds is 5. The van der Waals surface area contributed by atoms with Gasteiger partial charge >= 0.3 is 0 Å². The van der Waals surface area contributed by atoms with Crippen molar-refractivity contribution in [3.8, 4) is 22.8 Å². The number of pyridine rings is 1. The lowest BCUT2D eigenvalue weighted by Crippen LogP contribution is -2.19. The summed E-state index contributed by atoms with van der Waals surface area (Å²) in [6.07, 6.45) is 0.181. The van der Waals surface area contributed by atoms with Crippen molar-refractivity contribution in [2.75, 3.05) is 20.3 Å². The third-order valence-electron chi connectivity index (χ3n) is 4.44. The van der Waals surface area contributed by atoms with Crippen LogP contribution in [0.2, 0.25) is 0 Å². The van der Waals surface area contributed by atoms with Crippen LogP contribution in [0.3, 0.4) is 0 Å². The molecule has 5 nitrogen and oxygen atoms in total. The molecule has 3 aromatic rings. The van der Waals surface area contributed by atoms with Crippen LogP contribution in [0, 0.1) is 0 Å². The molecule has 25 heavy (non-hydrogen) atoms. The fraction of sp³-hybridized carbons (Fsp3) is 0.250. The SMILES string of the molecule is COc1ccc2cc(-c3ccccc3OCC3CO3)n(C)c(=O)c2c1. The van der Waals surface area contributed by atoms with Gasteiger partial charge in [-0.25, -0.2) is 0 Å². The number of nitrogens with zero attached hydrogens (tertiary/aromatic N) is 1. The molecule has 1 atom stereocenters. The Morgan fingerprint density at radius 1 is 1.20 bits per heavy atom. The van der Waals surface area contributed by atoms with E-state index in [-0.39, 0.29) is 11.7 Å². The molecule has 1 unspecified atom stereocenters. The Morgan fingerprint density at radius 2 is 2.00 bits per heavy atom. The van der Waals surface area contributed by atoms with E-state index in [9.17, 15) is 4.79 Å². The maximum atomic E-state index is 12.8. The van der Waals surface area contributed by atoms with Crippen molar-refractivity contribution in [3.63, 3.8) is 0 Å². The quantitative estimate of drug-likeness (QED) is 0.672. The van der Waals surface area contributed by atoms with Gasteiger partial charge in [0.15, 0.2) is 0 Å². The second kappa shape index (κ2) is 6.26. The maximum absolute atomic E-state index is 12.8. The van der Waals surface area contributed by atoms with Gasteiger partial charge in [-0.3, -0.25) is 4.79 Å². The van der Waals surface area contributed by atoms with Gasteiger partial charge in [-0.2, -0.15) is 0 Å². The van der Waals surface area contributed by atoms with Gasteiger partial charge < -0.3 is 18.8 Å². The number of aromatic nitrogens is 1. The summed E-state index contributed by atoms with van der Waals surface area (Å²) < 4.78 is 18.0. The van der Waals surface area contributed by atoms with E-state index in [0.29, 0.717) is 17.7 Å². The minimum Gasteiger partial charge on any atom is -0.497 e. The molecule has 0 N–H and O–H groups in total. The Kier molecular flexibility index (Phi) is 3.93. The van der Waals surface area contributed by atoms with Crippen LogP contribution in [0.15, 0.2) is 53.3 Å². The Bertz CT molecular complexity index is 989. The van der Waals surface area contributed by atoms with Gasteiger partial charge in [0.25, 0.3) is 5.56 Å². The molecule has 1 aliphatic rings. The van der Waals surface area contributed by atoms with E-state index in [0.717, 1.165) is 29.0 Å². The summed E-state index contributed by atoms with van der Waals surface area (Å²) in [5, 5.41) is 1.51. The number of hydrogen-bond acceptors (Lipinski definition) is 4. The van der Waals surface area contributed by atoms with Gasteiger partial charge in [0.1, 0.15) is 24.2 Å². The third-order valence-corrected chi connectivity index (χ3v) is 4.44. The van der Waals surface area contributed by atoms with Crippen molar-refractivity contribution in [1.29, 1.82) is 0 Å². The molecule has 0 amide bonds. The highest BCUT2D eigenvalue weighted by Crippen LogP contribution is 2.31. The van der Waals surface area contributed by atoms with Crippen LogP contribution in [0.25, 0.3) is 22.0 Å². The lowest BCUT2D eigenvalue weighted by atomic mass is 10.1. The molecule has 2 heterocycles. The Hall–Kier alpha value is -2.79. The average molecular weight is 337 g/mol. The van der Waals surface area contributed by atoms with E-state index in [2.05, 4.69) is 0 Å². The van der Waals surface area contributed by atoms with Crippen molar-refractivity contribution in [1.82, 2.24) is 4.57 Å². The standard InChI is InChI=1S/C20H19NO4/c1-21-18(9-13-7-8-14(23-2)10-17(13)20(21)22)16-5-3-4-6-19(16)25-12-15-11-24-15/h3-10,15H,11-12H2,1-2H3. The van der Waals surface area contributed by atoms with Crippen LogP contribution in [0.5, 0.6) is 11.5 Å². The summed E-state index contributed by atoms with van der Waals surface area (Å²) in [5.74, 6) is 1.42. The summed E-state index contributed by atoms with van der Waals surface area (Å²) in [7, 11) is 3.37. The second-order valence-electron chi connectivity index (χ2n) is 6.11. The molecule has 5 heteroatoms. The molecule has 0 radical (unpaired) electrons. The highest BCUT2D eigenvalue weighted by Gasteiger charge is 2.24. The number of hydrogen-bond donors (Lipinski definition) is 0. The first kappa shape index (κ1) is 15.7. The van der Waals surface area contributed by atoms with Crippen LogP contribution in [0.4, 0.5) is 0 Å². The van der Waals surface area contributed by atoms with E-state index in [1.807, 2.05) is 42.5 Å². The summed E-state index contributed by atoms with van der Waals surface area (Å²) in [6.45, 7) is 1.27. The van der Waals surface area contributed by atoms with E-state index in [1.165, 1.54) is 0 Å². The molecule has 1 aliphatic heterocycles. The molecule has 4 rings (SSSR count). The minimum absolute atomic E-state index is 0.0632. The maximum Gasteiger partial charge on any atom is 0.258 e. The van der Waals surface area contributed by atoms with Crippen molar-refractivity contribution in [3.05, 3.63) is 58.9 Å². The second-order valence-corrected chi connectivity index (χ2v) is 6.11. The summed E-state index contributed by atoms with van der Waals surface area (Å²) in [6, 6.07) is 15.3. The number of para-hydroxylation sites is 1. The largest absolute Gasteiger partial charge is 0.497 e. The third kappa shape index (κ3) is 2.98. The average Bonchev–Trinajstić information content (AvgIpc) is 3.47. The topological polar surface area (TPSA) is 53.0 Å². The van der Waals surface area contributed by atoms with Crippen molar-refractivity contribution in [2.24, 2.45) is 7.05 Å². The molecular weight excluding hydrogens is 318 g/mol. The molecule has 1 fully saturated rings. The number of fused-ring (bicyclic) bond motifs is 1. The molecule has 2 aromatic carbocycles. The van der Waals surface area contributed by atoms with E-state index >= 15 is 0 Å². The molecule has 0 saturated carbocycles. The lowest BCUT2D eigenvalue weighted by Gasteiger charge is -2.15. The highest BCUT2D eigenvalue weighted by molar-refractivity contribution is 5.87. The number of epoxide rings is 1. The van der Waals surface area contributed by atoms with E-state index in [1.54, 1.807) is 24.8 Å². The van der Waals surface area contributed by atoms with Gasteiger partial charge in [-0.1, -0.05) is 18.2 Å². The zero-order valence-corrected chi connectivity index (χ0v) is 14.2. The van der Waals surface area contributed by atoms with E-state index < -0.39 is 0 Å². The first-order chi connectivity index (χ1) is 12.2. The molecular formula is C20H19NO4. The lowest BCUT2D eigenvalue weighted by molar-refractivity contribution is 0.264. The van der Waals surface area contributed by atoms with Crippen molar-refractivity contribution < 1.29 is 14.2 Å². The Labute approximate surface area is 145 Å². The fourth-order valence-corrected chi connectivity index (χ4v) is 2.92. The van der Waals surface area contributed by atoms with Crippen molar-refractivity contribution >= 4 is 10.8 Å². The van der Waals surface area contributed by atoms with Gasteiger partial charge in [-0.05, 0) is 35.7 Å². The normalized spacial score (nSPS) is 16.0. The summed E-state index contributed by atoms with van der Waals surface area (Å²) >= 11 is 0. The summed E-state index contributed by atoms with van der Waals surface area (Å²) in [5.41, 5.74) is 1.64. The number of benzene rings is 2. The predicted octanol–water partition coefficient (Wildman–Crippen LogP) is 2.99. The van der Waals surface area contributed by atoms with E-state index in [4.69, 9.17) is 14.2 Å². The van der Waals surface area contributed by atoms with Gasteiger partial charge in [0.05, 0.1) is 24.8 Å². The predicted molar refractivity (Wildman–Crippen MR) is 96.4 cm³/mol. The zero-order valence-electron chi connectivity index (χ0n) is 14.2. The Balaban J connectivity index is 1.84. The van der Waals surface area contributed by atoms with Gasteiger partial charge in [0.2, 0.25) is 0 Å². The molecule has 0 bridgehead atoms. The van der Waals surface area contributed by atoms with Crippen LogP contribution < -0.4 is 15.0 Å². The molecule has 0 aliphatic carbocycles. The smallest absolute Gasteiger partial charge is 0.258 e. The number of methoxy groups -OCH3 is 1. The van der Waals surface area contributed by atoms with Gasteiger partial charge in [0, 0.05) is 12.6 Å². The highest BCUT2D eigenvalue weighted by atomic mass is 16.6. The summed E-state index contributed by atoms with van der Waals surface area (Å²) in [4.78, 5) is 12.8. The molecule has 0 spiro atoms. The van der Waals surface area contributed by atoms with Crippen LogP contribution in [-0.2, 0) is 11.8 Å². The molecule has 1 aromatic heterocycles. The molecule has 128 valence electrons. The Morgan fingerprint density at radius 3 is 2.76 bits per heavy atom. The monoisotopic (exact) mass is 337 g/mol.